The zero-order chi connectivity index (χ0) is 24.2. The van der Waals surface area contributed by atoms with Crippen LogP contribution in [0.15, 0.2) is 35.5 Å². The first kappa shape index (κ1) is 25.7. The minimum absolute atomic E-state index is 0.0337. The van der Waals surface area contributed by atoms with E-state index in [2.05, 4.69) is 33.5 Å². The summed E-state index contributed by atoms with van der Waals surface area (Å²) in [5, 5.41) is 0.390. The first-order valence-electron chi connectivity index (χ1n) is 10.8. The van der Waals surface area contributed by atoms with Crippen molar-refractivity contribution in [2.24, 2.45) is 5.92 Å². The molecule has 3 atom stereocenters. The molecule has 1 aromatic carbocycles. The average molecular weight is 497 g/mol. The number of nitrogens with one attached hydrogen (secondary N) is 1. The number of rotatable bonds is 10. The van der Waals surface area contributed by atoms with Crippen LogP contribution in [0.5, 0.6) is 6.01 Å². The molecule has 0 amide bonds. The lowest BCUT2D eigenvalue weighted by molar-refractivity contribution is -0.150. The largest absolute Gasteiger partial charge is 0.457 e. The molecular weight excluding hydrogens is 464 g/mol. The van der Waals surface area contributed by atoms with Crippen LogP contribution in [0.3, 0.4) is 0 Å². The van der Waals surface area contributed by atoms with Crippen LogP contribution >= 0.6 is 11.8 Å². The van der Waals surface area contributed by atoms with Gasteiger partial charge in [-0.1, -0.05) is 55.9 Å². The number of anilines is 1. The van der Waals surface area contributed by atoms with Crippen LogP contribution in [-0.4, -0.2) is 54.2 Å². The summed E-state index contributed by atoms with van der Waals surface area (Å²) in [6.45, 7) is 10.3. The molecule has 0 saturated carbocycles. The third kappa shape index (κ3) is 8.09. The Morgan fingerprint density at radius 2 is 1.88 bits per heavy atom. The number of benzene rings is 1. The summed E-state index contributed by atoms with van der Waals surface area (Å²) in [6.07, 6.45) is 1.06. The maximum atomic E-state index is 11.8. The van der Waals surface area contributed by atoms with E-state index < -0.39 is 15.8 Å². The molecule has 33 heavy (non-hydrogen) atoms. The lowest BCUT2D eigenvalue weighted by atomic mass is 10.0. The quantitative estimate of drug-likeness (QED) is 0.487. The maximum absolute atomic E-state index is 11.8. The van der Waals surface area contributed by atoms with Crippen LogP contribution < -0.4 is 9.46 Å². The van der Waals surface area contributed by atoms with Crippen molar-refractivity contribution in [2.45, 2.75) is 69.4 Å². The zero-order valence-corrected chi connectivity index (χ0v) is 21.4. The van der Waals surface area contributed by atoms with Crippen LogP contribution in [0.4, 0.5) is 5.95 Å². The van der Waals surface area contributed by atoms with Gasteiger partial charge in [-0.25, -0.2) is 8.42 Å². The number of aromatic nitrogens is 3. The fourth-order valence-corrected chi connectivity index (χ4v) is 4.68. The number of ether oxygens (including phenoxy) is 3. The van der Waals surface area contributed by atoms with Crippen molar-refractivity contribution in [3.05, 3.63) is 35.9 Å². The smallest absolute Gasteiger partial charge is 0.322 e. The maximum Gasteiger partial charge on any atom is 0.322 e. The highest BCUT2D eigenvalue weighted by Gasteiger charge is 2.39. The highest BCUT2D eigenvalue weighted by atomic mass is 32.2. The van der Waals surface area contributed by atoms with Crippen molar-refractivity contribution in [3.8, 4) is 6.01 Å². The third-order valence-corrected chi connectivity index (χ3v) is 6.40. The Bertz CT molecular complexity index is 1030. The Labute approximate surface area is 200 Å². The molecule has 1 unspecified atom stereocenters. The van der Waals surface area contributed by atoms with Crippen LogP contribution in [-0.2, 0) is 19.5 Å². The van der Waals surface area contributed by atoms with E-state index in [0.29, 0.717) is 24.1 Å². The molecule has 1 aromatic heterocycles. The van der Waals surface area contributed by atoms with Gasteiger partial charge < -0.3 is 14.2 Å². The van der Waals surface area contributed by atoms with Gasteiger partial charge in [0.05, 0.1) is 12.9 Å². The monoisotopic (exact) mass is 496 g/mol. The second kappa shape index (κ2) is 10.5. The van der Waals surface area contributed by atoms with E-state index in [9.17, 15) is 8.42 Å². The predicted molar refractivity (Wildman–Crippen MR) is 128 cm³/mol. The molecule has 3 rings (SSSR count). The van der Waals surface area contributed by atoms with Gasteiger partial charge in [0.25, 0.3) is 0 Å². The van der Waals surface area contributed by atoms with Gasteiger partial charge in [0.1, 0.15) is 12.2 Å². The molecule has 11 heteroatoms. The summed E-state index contributed by atoms with van der Waals surface area (Å²) < 4.78 is 43.9. The summed E-state index contributed by atoms with van der Waals surface area (Å²) in [5.41, 5.74) is 1.10. The average Bonchev–Trinajstić information content (AvgIpc) is 3.06. The van der Waals surface area contributed by atoms with Crippen molar-refractivity contribution in [1.82, 2.24) is 15.0 Å². The Morgan fingerprint density at radius 3 is 2.45 bits per heavy atom. The first-order chi connectivity index (χ1) is 15.4. The fraction of sp³-hybridized carbons (Fsp3) is 0.591. The molecule has 9 nitrogen and oxygen atoms in total. The van der Waals surface area contributed by atoms with Crippen molar-refractivity contribution in [2.75, 3.05) is 17.6 Å². The number of hydrogen-bond donors (Lipinski definition) is 1. The Balaban J connectivity index is 1.88. The fourth-order valence-electron chi connectivity index (χ4n) is 3.38. The highest BCUT2D eigenvalue weighted by molar-refractivity contribution is 7.99. The lowest BCUT2D eigenvalue weighted by Gasteiger charge is -2.25. The second-order valence-corrected chi connectivity index (χ2v) is 12.0. The Kier molecular flexibility index (Phi) is 8.20. The van der Waals surface area contributed by atoms with Gasteiger partial charge >= 0.3 is 6.01 Å². The zero-order valence-electron chi connectivity index (χ0n) is 19.8. The molecule has 1 fully saturated rings. The molecule has 0 radical (unpaired) electrons. The molecule has 0 spiro atoms. The van der Waals surface area contributed by atoms with Crippen LogP contribution in [0.25, 0.3) is 0 Å². The molecule has 182 valence electrons. The summed E-state index contributed by atoms with van der Waals surface area (Å²) in [7, 11) is -3.58. The van der Waals surface area contributed by atoms with Crippen LogP contribution in [0, 0.1) is 5.92 Å². The number of sulfonamides is 1. The second-order valence-electron chi connectivity index (χ2n) is 8.92. The summed E-state index contributed by atoms with van der Waals surface area (Å²) in [5.74, 6) is -0.459. The third-order valence-electron chi connectivity index (χ3n) is 4.83. The molecule has 1 aliphatic rings. The molecule has 0 bridgehead atoms. The number of nitrogens with zero attached hydrogens (tertiary/aromatic N) is 3. The number of thioether (sulfide) groups is 1. The van der Waals surface area contributed by atoms with E-state index in [1.807, 2.05) is 51.1 Å². The van der Waals surface area contributed by atoms with E-state index in [4.69, 9.17) is 14.2 Å². The molecule has 2 heterocycles. The van der Waals surface area contributed by atoms with Crippen LogP contribution in [0.2, 0.25) is 0 Å². The van der Waals surface area contributed by atoms with Gasteiger partial charge in [-0.15, -0.1) is 0 Å². The molecule has 0 aliphatic carbocycles. The number of hydrogen-bond acceptors (Lipinski definition) is 9. The molecular formula is C22H32N4O5S2. The van der Waals surface area contributed by atoms with Gasteiger partial charge in [0.15, 0.2) is 10.9 Å². The minimum atomic E-state index is -3.58. The topological polar surface area (TPSA) is 113 Å². The van der Waals surface area contributed by atoms with E-state index in [1.165, 1.54) is 11.8 Å². The normalized spacial score (nSPS) is 19.9. The van der Waals surface area contributed by atoms with E-state index >= 15 is 0 Å². The highest BCUT2D eigenvalue weighted by Crippen LogP contribution is 2.34. The van der Waals surface area contributed by atoms with Crippen molar-refractivity contribution in [1.29, 1.82) is 0 Å². The van der Waals surface area contributed by atoms with Crippen molar-refractivity contribution in [3.63, 3.8) is 0 Å². The van der Waals surface area contributed by atoms with Crippen molar-refractivity contribution < 1.29 is 22.6 Å². The Hall–Kier alpha value is -1.95. The molecule has 1 N–H and O–H groups in total. The molecule has 1 saturated heterocycles. The lowest BCUT2D eigenvalue weighted by Crippen LogP contribution is -2.37. The van der Waals surface area contributed by atoms with E-state index in [-0.39, 0.29) is 29.4 Å². The molecule has 1 aliphatic heterocycles. The van der Waals surface area contributed by atoms with E-state index in [0.717, 1.165) is 11.8 Å². The summed E-state index contributed by atoms with van der Waals surface area (Å²) in [4.78, 5) is 13.0. The SMILES string of the molecule is CC(C)C[C@@H](Oc1nc(NS(C)(=O)=O)nc(SC(C)c2ccccc2)n1)[C@@H]1COC(C)(C)O1. The van der Waals surface area contributed by atoms with Crippen molar-refractivity contribution >= 4 is 27.7 Å². The van der Waals surface area contributed by atoms with Gasteiger partial charge in [-0.05, 0) is 38.7 Å². The first-order valence-corrected chi connectivity index (χ1v) is 13.6. The minimum Gasteiger partial charge on any atom is -0.457 e. The summed E-state index contributed by atoms with van der Waals surface area (Å²) in [6, 6.07) is 9.96. The summed E-state index contributed by atoms with van der Waals surface area (Å²) >= 11 is 1.39. The standard InChI is InChI=1S/C22H32N4O5S2/c1-14(2)12-17(18-13-29-22(4,5)31-18)30-20-23-19(26-33(6,27)28)24-21(25-20)32-15(3)16-10-8-7-9-11-16/h7-11,14-15,17-18H,12-13H2,1-6H3,(H,23,24,25,26)/t15?,17-,18+/m1/s1. The van der Waals surface area contributed by atoms with Gasteiger partial charge in [0.2, 0.25) is 16.0 Å². The molecule has 2 aromatic rings. The van der Waals surface area contributed by atoms with Gasteiger partial charge in [0, 0.05) is 5.25 Å². The van der Waals surface area contributed by atoms with E-state index in [1.54, 1.807) is 0 Å². The van der Waals surface area contributed by atoms with Gasteiger partial charge in [-0.3, -0.25) is 4.72 Å². The van der Waals surface area contributed by atoms with Crippen LogP contribution in [0.1, 0.15) is 51.9 Å². The Morgan fingerprint density at radius 1 is 1.18 bits per heavy atom. The van der Waals surface area contributed by atoms with Gasteiger partial charge in [-0.2, -0.15) is 15.0 Å². The predicted octanol–water partition coefficient (Wildman–Crippen LogP) is 4.04.